The van der Waals surface area contributed by atoms with Crippen molar-refractivity contribution in [1.29, 1.82) is 0 Å². The van der Waals surface area contributed by atoms with Crippen molar-refractivity contribution in [2.75, 3.05) is 6.54 Å². The van der Waals surface area contributed by atoms with Crippen molar-refractivity contribution in [1.82, 2.24) is 15.3 Å². The van der Waals surface area contributed by atoms with Gasteiger partial charge < -0.3 is 10.3 Å². The highest BCUT2D eigenvalue weighted by Crippen LogP contribution is 2.13. The summed E-state index contributed by atoms with van der Waals surface area (Å²) >= 11 is 0. The molecule has 0 spiro atoms. The molecule has 1 amide bonds. The number of amides is 1. The van der Waals surface area contributed by atoms with Crippen molar-refractivity contribution < 1.29 is 9.18 Å². The number of aryl methyl sites for hydroxylation is 1. The van der Waals surface area contributed by atoms with Gasteiger partial charge >= 0.3 is 0 Å². The van der Waals surface area contributed by atoms with Crippen LogP contribution in [0.2, 0.25) is 0 Å². The third-order valence-electron chi connectivity index (χ3n) is 3.42. The Morgan fingerprint density at radius 1 is 1.27 bits per heavy atom. The summed E-state index contributed by atoms with van der Waals surface area (Å²) in [6.07, 6.45) is 0.563. The van der Waals surface area contributed by atoms with Crippen LogP contribution in [0.25, 0.3) is 11.0 Å². The smallest absolute Gasteiger partial charge is 0.251 e. The lowest BCUT2D eigenvalue weighted by Gasteiger charge is -2.04. The molecule has 0 fully saturated rings. The number of aromatic amines is 1. The molecule has 0 aliphatic carbocycles. The molecule has 0 bridgehead atoms. The van der Waals surface area contributed by atoms with E-state index in [0.717, 1.165) is 16.9 Å². The largest absolute Gasteiger partial charge is 0.352 e. The summed E-state index contributed by atoms with van der Waals surface area (Å²) in [5, 5.41) is 2.86. The van der Waals surface area contributed by atoms with E-state index in [-0.39, 0.29) is 11.7 Å². The quantitative estimate of drug-likeness (QED) is 0.778. The van der Waals surface area contributed by atoms with Gasteiger partial charge in [-0.3, -0.25) is 4.79 Å². The first kappa shape index (κ1) is 14.3. The lowest BCUT2D eigenvalue weighted by atomic mass is 10.1. The number of imidazole rings is 1. The minimum atomic E-state index is -0.296. The molecule has 0 aliphatic rings. The maximum Gasteiger partial charge on any atom is 0.251 e. The summed E-state index contributed by atoms with van der Waals surface area (Å²) in [6.45, 7) is 2.42. The Kier molecular flexibility index (Phi) is 3.87. The molecule has 3 rings (SSSR count). The maximum atomic E-state index is 13.1. The van der Waals surface area contributed by atoms with Gasteiger partial charge in [0.25, 0.3) is 5.91 Å². The van der Waals surface area contributed by atoms with Crippen LogP contribution in [0.5, 0.6) is 0 Å². The van der Waals surface area contributed by atoms with Crippen LogP contribution in [0.3, 0.4) is 0 Å². The first-order chi connectivity index (χ1) is 10.6. The highest BCUT2D eigenvalue weighted by molar-refractivity contribution is 5.94. The fourth-order valence-corrected chi connectivity index (χ4v) is 2.34. The van der Waals surface area contributed by atoms with Gasteiger partial charge in [-0.15, -0.1) is 0 Å². The maximum absolute atomic E-state index is 13.1. The van der Waals surface area contributed by atoms with E-state index in [1.165, 1.54) is 12.1 Å². The number of rotatable bonds is 4. The average Bonchev–Trinajstić information content (AvgIpc) is 2.89. The topological polar surface area (TPSA) is 57.8 Å². The van der Waals surface area contributed by atoms with Crippen LogP contribution in [0, 0.1) is 12.7 Å². The van der Waals surface area contributed by atoms with E-state index in [2.05, 4.69) is 15.3 Å². The lowest BCUT2D eigenvalue weighted by Crippen LogP contribution is -2.25. The monoisotopic (exact) mass is 297 g/mol. The number of hydrogen-bond acceptors (Lipinski definition) is 2. The van der Waals surface area contributed by atoms with Gasteiger partial charge in [-0.1, -0.05) is 17.7 Å². The molecule has 0 saturated heterocycles. The summed E-state index contributed by atoms with van der Waals surface area (Å²) in [5.41, 5.74) is 3.08. The fraction of sp³-hybridized carbons (Fsp3) is 0.176. The summed E-state index contributed by atoms with van der Waals surface area (Å²) in [4.78, 5) is 19.4. The van der Waals surface area contributed by atoms with Crippen LogP contribution < -0.4 is 5.32 Å². The van der Waals surface area contributed by atoms with Gasteiger partial charge in [-0.05, 0) is 37.3 Å². The average molecular weight is 297 g/mol. The summed E-state index contributed by atoms with van der Waals surface area (Å²) in [6, 6.07) is 11.9. The second kappa shape index (κ2) is 5.97. The van der Waals surface area contributed by atoms with E-state index in [4.69, 9.17) is 0 Å². The Bertz CT molecular complexity index is 826. The fourth-order valence-electron chi connectivity index (χ4n) is 2.34. The lowest BCUT2D eigenvalue weighted by molar-refractivity contribution is 0.0954. The Hall–Kier alpha value is -2.69. The number of nitrogens with one attached hydrogen (secondary N) is 2. The van der Waals surface area contributed by atoms with E-state index in [9.17, 15) is 9.18 Å². The molecule has 0 radical (unpaired) electrons. The molecular formula is C17H16FN3O. The predicted octanol–water partition coefficient (Wildman–Crippen LogP) is 2.98. The van der Waals surface area contributed by atoms with Crippen LogP contribution in [-0.4, -0.2) is 22.4 Å². The van der Waals surface area contributed by atoms with Crippen molar-refractivity contribution >= 4 is 16.9 Å². The number of benzene rings is 2. The number of aromatic nitrogens is 2. The highest BCUT2D eigenvalue weighted by atomic mass is 19.1. The minimum absolute atomic E-state index is 0.106. The molecule has 2 N–H and O–H groups in total. The normalized spacial score (nSPS) is 10.8. The second-order valence-electron chi connectivity index (χ2n) is 5.22. The molecule has 0 aliphatic heterocycles. The number of H-pyrrole nitrogens is 1. The van der Waals surface area contributed by atoms with E-state index in [0.29, 0.717) is 24.0 Å². The van der Waals surface area contributed by atoms with E-state index in [1.54, 1.807) is 12.1 Å². The van der Waals surface area contributed by atoms with Gasteiger partial charge in [0.15, 0.2) is 0 Å². The molecule has 0 atom stereocenters. The van der Waals surface area contributed by atoms with Crippen molar-refractivity contribution in [3.8, 4) is 0 Å². The third-order valence-corrected chi connectivity index (χ3v) is 3.42. The third kappa shape index (κ3) is 3.14. The number of nitrogens with zero attached hydrogens (tertiary/aromatic N) is 1. The van der Waals surface area contributed by atoms with Gasteiger partial charge in [-0.2, -0.15) is 0 Å². The molecule has 1 heterocycles. The van der Waals surface area contributed by atoms with Crippen molar-refractivity contribution in [2.45, 2.75) is 13.3 Å². The van der Waals surface area contributed by atoms with Gasteiger partial charge in [0.05, 0.1) is 11.0 Å². The Morgan fingerprint density at radius 3 is 2.95 bits per heavy atom. The van der Waals surface area contributed by atoms with Crippen LogP contribution in [-0.2, 0) is 6.42 Å². The van der Waals surface area contributed by atoms with E-state index >= 15 is 0 Å². The predicted molar refractivity (Wildman–Crippen MR) is 83.3 cm³/mol. The van der Waals surface area contributed by atoms with Crippen molar-refractivity contribution in [2.24, 2.45) is 0 Å². The van der Waals surface area contributed by atoms with Crippen molar-refractivity contribution in [3.05, 3.63) is 65.2 Å². The highest BCUT2D eigenvalue weighted by Gasteiger charge is 2.07. The Morgan fingerprint density at radius 2 is 2.14 bits per heavy atom. The second-order valence-corrected chi connectivity index (χ2v) is 5.22. The number of hydrogen-bond donors (Lipinski definition) is 2. The SMILES string of the molecule is Cc1cccc(C(=O)NCCc2nc3ccc(F)cc3[nH]2)c1. The van der Waals surface area contributed by atoms with Gasteiger partial charge in [0, 0.05) is 18.5 Å². The number of fused-ring (bicyclic) bond motifs is 1. The zero-order chi connectivity index (χ0) is 15.5. The standard InChI is InChI=1S/C17H16FN3O/c1-11-3-2-4-12(9-11)17(22)19-8-7-16-20-14-6-5-13(18)10-15(14)21-16/h2-6,9-10H,7-8H2,1H3,(H,19,22)(H,20,21). The van der Waals surface area contributed by atoms with Gasteiger partial charge in [0.1, 0.15) is 11.6 Å². The summed E-state index contributed by atoms with van der Waals surface area (Å²) in [5.74, 6) is 0.325. The molecule has 1 aromatic heterocycles. The van der Waals surface area contributed by atoms with E-state index in [1.807, 2.05) is 25.1 Å². The zero-order valence-corrected chi connectivity index (χ0v) is 12.2. The first-order valence-electron chi connectivity index (χ1n) is 7.11. The van der Waals surface area contributed by atoms with Crippen LogP contribution >= 0.6 is 0 Å². The van der Waals surface area contributed by atoms with E-state index < -0.39 is 0 Å². The Labute approximate surface area is 127 Å². The number of carbonyl (C=O) groups is 1. The molecule has 2 aromatic carbocycles. The van der Waals surface area contributed by atoms with Crippen LogP contribution in [0.4, 0.5) is 4.39 Å². The van der Waals surface area contributed by atoms with Gasteiger partial charge in [0.2, 0.25) is 0 Å². The van der Waals surface area contributed by atoms with Crippen molar-refractivity contribution in [3.63, 3.8) is 0 Å². The Balaban J connectivity index is 1.61. The summed E-state index contributed by atoms with van der Waals surface area (Å²) in [7, 11) is 0. The van der Waals surface area contributed by atoms with Crippen LogP contribution in [0.15, 0.2) is 42.5 Å². The summed E-state index contributed by atoms with van der Waals surface area (Å²) < 4.78 is 13.1. The molecule has 112 valence electrons. The van der Waals surface area contributed by atoms with Crippen LogP contribution in [0.1, 0.15) is 21.7 Å². The number of halogens is 1. The zero-order valence-electron chi connectivity index (χ0n) is 12.2. The molecular weight excluding hydrogens is 281 g/mol. The molecule has 4 nitrogen and oxygen atoms in total. The molecule has 5 heteroatoms. The molecule has 22 heavy (non-hydrogen) atoms. The number of carbonyl (C=O) groups excluding carboxylic acids is 1. The van der Waals surface area contributed by atoms with Gasteiger partial charge in [-0.25, -0.2) is 9.37 Å². The molecule has 0 unspecified atom stereocenters. The minimum Gasteiger partial charge on any atom is -0.352 e. The first-order valence-corrected chi connectivity index (χ1v) is 7.11. The molecule has 3 aromatic rings. The molecule has 0 saturated carbocycles.